The number of non-ortho nitro benzene ring substituents is 1. The van der Waals surface area contributed by atoms with Gasteiger partial charge in [0.1, 0.15) is 11.9 Å². The van der Waals surface area contributed by atoms with Gasteiger partial charge in [0.25, 0.3) is 5.69 Å². The topological polar surface area (TPSA) is 96.8 Å². The molecule has 0 fully saturated rings. The normalized spacial score (nSPS) is 10.0. The van der Waals surface area contributed by atoms with Crippen LogP contribution in [0.25, 0.3) is 0 Å². The lowest BCUT2D eigenvalue weighted by molar-refractivity contribution is -0.384. The Morgan fingerprint density at radius 3 is 3.00 bits per heavy atom. The molecular formula is C13H13N5O2. The van der Waals surface area contributed by atoms with Crippen molar-refractivity contribution in [2.45, 2.75) is 20.0 Å². The van der Waals surface area contributed by atoms with Gasteiger partial charge in [0, 0.05) is 31.1 Å². The SMILES string of the molecule is CCn1ccnc1CNc1ccc([N+](=O)[O-])cc1C#N. The first kappa shape index (κ1) is 13.5. The molecular weight excluding hydrogens is 258 g/mol. The average Bonchev–Trinajstić information content (AvgIpc) is 2.92. The van der Waals surface area contributed by atoms with Crippen LogP contribution in [0.3, 0.4) is 0 Å². The Hall–Kier alpha value is -2.88. The van der Waals surface area contributed by atoms with Crippen LogP contribution in [0.4, 0.5) is 11.4 Å². The first-order valence-corrected chi connectivity index (χ1v) is 6.08. The fraction of sp³-hybridized carbons (Fsp3) is 0.231. The fourth-order valence-electron chi connectivity index (χ4n) is 1.86. The van der Waals surface area contributed by atoms with E-state index in [0.29, 0.717) is 12.2 Å². The van der Waals surface area contributed by atoms with Gasteiger partial charge in [-0.25, -0.2) is 4.98 Å². The number of nitro benzene ring substituents is 1. The third-order valence-electron chi connectivity index (χ3n) is 2.91. The second-order valence-corrected chi connectivity index (χ2v) is 4.08. The van der Waals surface area contributed by atoms with Crippen LogP contribution in [0.15, 0.2) is 30.6 Å². The maximum Gasteiger partial charge on any atom is 0.270 e. The van der Waals surface area contributed by atoms with E-state index in [1.807, 2.05) is 23.8 Å². The summed E-state index contributed by atoms with van der Waals surface area (Å²) in [5, 5.41) is 22.8. The number of hydrogen-bond acceptors (Lipinski definition) is 5. The third kappa shape index (κ3) is 2.75. The lowest BCUT2D eigenvalue weighted by Crippen LogP contribution is -2.08. The van der Waals surface area contributed by atoms with E-state index in [1.165, 1.54) is 18.2 Å². The summed E-state index contributed by atoms with van der Waals surface area (Å²) in [5.74, 6) is 0.842. The van der Waals surface area contributed by atoms with Gasteiger partial charge in [-0.2, -0.15) is 5.26 Å². The minimum atomic E-state index is -0.519. The van der Waals surface area contributed by atoms with Crippen LogP contribution in [-0.2, 0) is 13.1 Å². The monoisotopic (exact) mass is 271 g/mol. The molecule has 20 heavy (non-hydrogen) atoms. The summed E-state index contributed by atoms with van der Waals surface area (Å²) in [6.45, 7) is 3.27. The molecule has 102 valence electrons. The Bertz CT molecular complexity index is 672. The van der Waals surface area contributed by atoms with Crippen molar-refractivity contribution in [3.05, 3.63) is 52.1 Å². The van der Waals surface area contributed by atoms with Gasteiger partial charge in [-0.3, -0.25) is 10.1 Å². The highest BCUT2D eigenvalue weighted by molar-refractivity contribution is 5.61. The smallest absolute Gasteiger partial charge is 0.270 e. The Balaban J connectivity index is 2.18. The maximum absolute atomic E-state index is 10.7. The number of hydrogen-bond donors (Lipinski definition) is 1. The van der Waals surface area contributed by atoms with E-state index in [2.05, 4.69) is 10.3 Å². The van der Waals surface area contributed by atoms with Crippen LogP contribution < -0.4 is 5.32 Å². The minimum Gasteiger partial charge on any atom is -0.377 e. The molecule has 0 aliphatic carbocycles. The van der Waals surface area contributed by atoms with E-state index >= 15 is 0 Å². The molecule has 0 saturated heterocycles. The Morgan fingerprint density at radius 2 is 2.35 bits per heavy atom. The zero-order chi connectivity index (χ0) is 14.5. The van der Waals surface area contributed by atoms with Crippen molar-refractivity contribution in [3.8, 4) is 6.07 Å². The number of nitrogens with one attached hydrogen (secondary N) is 1. The largest absolute Gasteiger partial charge is 0.377 e. The summed E-state index contributed by atoms with van der Waals surface area (Å²) in [4.78, 5) is 14.4. The maximum atomic E-state index is 10.7. The molecule has 2 aromatic rings. The first-order chi connectivity index (χ1) is 9.65. The molecule has 0 bridgehead atoms. The quantitative estimate of drug-likeness (QED) is 0.664. The van der Waals surface area contributed by atoms with Gasteiger partial charge in [0.15, 0.2) is 0 Å². The van der Waals surface area contributed by atoms with Crippen molar-refractivity contribution >= 4 is 11.4 Å². The van der Waals surface area contributed by atoms with Crippen molar-refractivity contribution in [2.24, 2.45) is 0 Å². The highest BCUT2D eigenvalue weighted by Gasteiger charge is 2.11. The number of aromatic nitrogens is 2. The minimum absolute atomic E-state index is 0.0952. The second kappa shape index (κ2) is 5.84. The number of benzene rings is 1. The summed E-state index contributed by atoms with van der Waals surface area (Å²) < 4.78 is 1.98. The Morgan fingerprint density at radius 1 is 1.55 bits per heavy atom. The number of nitriles is 1. The summed E-state index contributed by atoms with van der Waals surface area (Å²) in [6, 6.07) is 6.12. The van der Waals surface area contributed by atoms with E-state index < -0.39 is 4.92 Å². The van der Waals surface area contributed by atoms with Crippen molar-refractivity contribution in [3.63, 3.8) is 0 Å². The summed E-state index contributed by atoms with van der Waals surface area (Å²) in [5.41, 5.74) is 0.708. The van der Waals surface area contributed by atoms with Crippen molar-refractivity contribution < 1.29 is 4.92 Å². The molecule has 1 aromatic carbocycles. The van der Waals surface area contributed by atoms with Crippen molar-refractivity contribution in [1.29, 1.82) is 5.26 Å². The molecule has 7 nitrogen and oxygen atoms in total. The number of rotatable bonds is 5. The van der Waals surface area contributed by atoms with Gasteiger partial charge >= 0.3 is 0 Å². The van der Waals surface area contributed by atoms with Gasteiger partial charge in [-0.1, -0.05) is 0 Å². The molecule has 1 aromatic heterocycles. The molecule has 0 amide bonds. The van der Waals surface area contributed by atoms with E-state index in [1.54, 1.807) is 6.20 Å². The fourth-order valence-corrected chi connectivity index (χ4v) is 1.86. The molecule has 0 saturated carbocycles. The van der Waals surface area contributed by atoms with Crippen molar-refractivity contribution in [2.75, 3.05) is 5.32 Å². The molecule has 7 heteroatoms. The zero-order valence-corrected chi connectivity index (χ0v) is 10.9. The summed E-state index contributed by atoms with van der Waals surface area (Å²) >= 11 is 0. The molecule has 0 unspecified atom stereocenters. The van der Waals surface area contributed by atoms with Crippen molar-refractivity contribution in [1.82, 2.24) is 9.55 Å². The molecule has 1 heterocycles. The average molecular weight is 271 g/mol. The van der Waals surface area contributed by atoms with Gasteiger partial charge in [-0.15, -0.1) is 0 Å². The van der Waals surface area contributed by atoms with Crippen LogP contribution in [0.1, 0.15) is 18.3 Å². The van der Waals surface area contributed by atoms with Gasteiger partial charge in [-0.05, 0) is 13.0 Å². The van der Waals surface area contributed by atoms with Gasteiger partial charge in [0.05, 0.1) is 22.7 Å². The lowest BCUT2D eigenvalue weighted by Gasteiger charge is -2.09. The van der Waals surface area contributed by atoms with E-state index in [4.69, 9.17) is 5.26 Å². The highest BCUT2D eigenvalue weighted by atomic mass is 16.6. The summed E-state index contributed by atoms with van der Waals surface area (Å²) in [7, 11) is 0. The molecule has 0 aliphatic rings. The number of aryl methyl sites for hydroxylation is 1. The van der Waals surface area contributed by atoms with Crippen LogP contribution in [-0.4, -0.2) is 14.5 Å². The van der Waals surface area contributed by atoms with E-state index in [0.717, 1.165) is 12.4 Å². The number of anilines is 1. The van der Waals surface area contributed by atoms with E-state index in [-0.39, 0.29) is 11.3 Å². The van der Waals surface area contributed by atoms with E-state index in [9.17, 15) is 10.1 Å². The zero-order valence-electron chi connectivity index (χ0n) is 10.9. The predicted molar refractivity (Wildman–Crippen MR) is 73.0 cm³/mol. The standard InChI is InChI=1S/C13H13N5O2/c1-2-17-6-5-15-13(17)9-16-12-4-3-11(18(19)20)7-10(12)8-14/h3-7,16H,2,9H2,1H3. The number of nitrogens with zero attached hydrogens (tertiary/aromatic N) is 4. The molecule has 0 aliphatic heterocycles. The van der Waals surface area contributed by atoms with Gasteiger partial charge < -0.3 is 9.88 Å². The van der Waals surface area contributed by atoms with Crippen LogP contribution in [0.2, 0.25) is 0 Å². The highest BCUT2D eigenvalue weighted by Crippen LogP contribution is 2.21. The molecule has 0 radical (unpaired) electrons. The first-order valence-electron chi connectivity index (χ1n) is 6.08. The summed E-state index contributed by atoms with van der Waals surface area (Å²) in [6.07, 6.45) is 3.58. The number of nitro groups is 1. The number of imidazole rings is 1. The third-order valence-corrected chi connectivity index (χ3v) is 2.91. The predicted octanol–water partition coefficient (Wildman–Crippen LogP) is 2.29. The van der Waals surface area contributed by atoms with Crippen LogP contribution in [0, 0.1) is 21.4 Å². The van der Waals surface area contributed by atoms with Crippen LogP contribution in [0.5, 0.6) is 0 Å². The molecule has 0 atom stereocenters. The molecule has 2 rings (SSSR count). The van der Waals surface area contributed by atoms with Crippen LogP contribution >= 0.6 is 0 Å². The van der Waals surface area contributed by atoms with Gasteiger partial charge in [0.2, 0.25) is 0 Å². The second-order valence-electron chi connectivity index (χ2n) is 4.08. The Labute approximate surface area is 115 Å². The lowest BCUT2D eigenvalue weighted by atomic mass is 10.1. The molecule has 0 spiro atoms. The Kier molecular flexibility index (Phi) is 3.96. The molecule has 1 N–H and O–H groups in total.